The lowest BCUT2D eigenvalue weighted by Crippen LogP contribution is -2.53. The van der Waals surface area contributed by atoms with Crippen molar-refractivity contribution in [3.8, 4) is 0 Å². The summed E-state index contributed by atoms with van der Waals surface area (Å²) in [5, 5.41) is 44.2. The van der Waals surface area contributed by atoms with E-state index in [1.54, 1.807) is 0 Å². The highest BCUT2D eigenvalue weighted by Crippen LogP contribution is 2.20. The van der Waals surface area contributed by atoms with Crippen molar-refractivity contribution >= 4 is 5.91 Å². The zero-order valence-electron chi connectivity index (χ0n) is 49.7. The molecule has 0 rings (SSSR count). The fourth-order valence-electron chi connectivity index (χ4n) is 11.0. The van der Waals surface area contributed by atoms with Crippen LogP contribution < -0.4 is 5.32 Å². The van der Waals surface area contributed by atoms with Gasteiger partial charge in [-0.2, -0.15) is 0 Å². The van der Waals surface area contributed by atoms with Gasteiger partial charge in [0.15, 0.2) is 0 Å². The fraction of sp³-hybridized carbons (Fsp3) is 0.955. The molecule has 0 aromatic rings. The Morgan fingerprint density at radius 3 is 0.795 bits per heavy atom. The lowest BCUT2D eigenvalue weighted by atomic mass is 9.99. The summed E-state index contributed by atoms with van der Waals surface area (Å²) in [5.41, 5.74) is 0. The quantitative estimate of drug-likeness (QED) is 0.0308. The molecule has 73 heavy (non-hydrogen) atoms. The molecule has 0 saturated carbocycles. The van der Waals surface area contributed by atoms with Gasteiger partial charge in [-0.05, 0) is 38.5 Å². The van der Waals surface area contributed by atoms with Gasteiger partial charge in [0.05, 0.1) is 18.8 Å². The number of rotatable bonds is 63. The zero-order chi connectivity index (χ0) is 53.0. The van der Waals surface area contributed by atoms with Crippen molar-refractivity contribution in [1.29, 1.82) is 0 Å². The van der Waals surface area contributed by atoms with Crippen LogP contribution in [0.4, 0.5) is 0 Å². The van der Waals surface area contributed by atoms with E-state index in [4.69, 9.17) is 0 Å². The second kappa shape index (κ2) is 61.9. The van der Waals surface area contributed by atoms with E-state index in [0.29, 0.717) is 12.8 Å². The Balaban J connectivity index is 3.54. The van der Waals surface area contributed by atoms with Crippen LogP contribution in [0.1, 0.15) is 380 Å². The van der Waals surface area contributed by atoms with Crippen LogP contribution >= 0.6 is 0 Å². The average molecular weight is 1030 g/mol. The van der Waals surface area contributed by atoms with Crippen molar-refractivity contribution in [3.63, 3.8) is 0 Å². The second-order valence-corrected chi connectivity index (χ2v) is 23.5. The largest absolute Gasteiger partial charge is 0.394 e. The highest BCUT2D eigenvalue weighted by atomic mass is 16.3. The Bertz CT molecular complexity index is 1070. The van der Waals surface area contributed by atoms with Crippen molar-refractivity contribution in [3.05, 3.63) is 12.2 Å². The van der Waals surface area contributed by atoms with Crippen LogP contribution in [-0.2, 0) is 4.79 Å². The maximum absolute atomic E-state index is 12.6. The Morgan fingerprint density at radius 2 is 0.548 bits per heavy atom. The Labute approximate surface area is 457 Å². The van der Waals surface area contributed by atoms with Gasteiger partial charge in [0, 0.05) is 0 Å². The molecule has 0 fully saturated rings. The molecule has 0 spiro atoms. The molecule has 0 aliphatic rings. The van der Waals surface area contributed by atoms with Gasteiger partial charge in [0.25, 0.3) is 0 Å². The summed E-state index contributed by atoms with van der Waals surface area (Å²) in [6, 6.07) is -0.985. The number of unbranched alkanes of at least 4 members (excludes halogenated alkanes) is 52. The first-order valence-electron chi connectivity index (χ1n) is 33.6. The number of hydrogen-bond donors (Lipinski definition) is 5. The first kappa shape index (κ1) is 72.0. The van der Waals surface area contributed by atoms with E-state index in [-0.39, 0.29) is 0 Å². The first-order valence-corrected chi connectivity index (χ1v) is 33.6. The number of aliphatic hydroxyl groups is 4. The Morgan fingerprint density at radius 1 is 0.329 bits per heavy atom. The number of aliphatic hydroxyl groups excluding tert-OH is 4. The summed E-state index contributed by atoms with van der Waals surface area (Å²) < 4.78 is 0. The van der Waals surface area contributed by atoms with Gasteiger partial charge in [0.2, 0.25) is 5.91 Å². The number of allylic oxidation sites excluding steroid dienone is 2. The smallest absolute Gasteiger partial charge is 0.249 e. The molecule has 4 atom stereocenters. The number of carbonyl (C=O) groups excluding carboxylic acids is 1. The molecule has 0 aromatic heterocycles. The van der Waals surface area contributed by atoms with Crippen LogP contribution in [0.15, 0.2) is 12.2 Å². The van der Waals surface area contributed by atoms with Crippen LogP contribution in [0.2, 0.25) is 0 Å². The minimum Gasteiger partial charge on any atom is -0.394 e. The number of hydrogen-bond acceptors (Lipinski definition) is 5. The normalized spacial score (nSPS) is 13.6. The molecule has 0 aromatic carbocycles. The molecular weight excluding hydrogens is 899 g/mol. The molecule has 6 nitrogen and oxygen atoms in total. The lowest BCUT2D eigenvalue weighted by Gasteiger charge is -2.27. The van der Waals surface area contributed by atoms with Crippen molar-refractivity contribution in [2.45, 2.75) is 404 Å². The van der Waals surface area contributed by atoms with Crippen molar-refractivity contribution in [2.75, 3.05) is 6.61 Å². The topological polar surface area (TPSA) is 110 Å². The summed E-state index contributed by atoms with van der Waals surface area (Å²) in [5.74, 6) is -0.577. The molecule has 0 aliphatic heterocycles. The molecule has 0 saturated heterocycles. The van der Waals surface area contributed by atoms with Crippen LogP contribution in [0.25, 0.3) is 0 Å². The summed E-state index contributed by atoms with van der Waals surface area (Å²) in [7, 11) is 0. The molecule has 1 amide bonds. The molecule has 4 unspecified atom stereocenters. The van der Waals surface area contributed by atoms with E-state index in [9.17, 15) is 25.2 Å². The van der Waals surface area contributed by atoms with E-state index >= 15 is 0 Å². The number of nitrogens with one attached hydrogen (secondary N) is 1. The van der Waals surface area contributed by atoms with E-state index in [1.807, 2.05) is 0 Å². The highest BCUT2D eigenvalue weighted by molar-refractivity contribution is 5.80. The van der Waals surface area contributed by atoms with Gasteiger partial charge in [-0.15, -0.1) is 0 Å². The van der Waals surface area contributed by atoms with Crippen molar-refractivity contribution < 1.29 is 25.2 Å². The molecule has 0 aliphatic carbocycles. The Kier molecular flexibility index (Phi) is 61.1. The van der Waals surface area contributed by atoms with Gasteiger partial charge in [0.1, 0.15) is 12.2 Å². The monoisotopic (exact) mass is 1030 g/mol. The third-order valence-electron chi connectivity index (χ3n) is 16.2. The first-order chi connectivity index (χ1) is 36.0. The molecule has 0 bridgehead atoms. The standard InChI is InChI=1S/C67H133NO5/c1-3-5-7-9-11-13-15-17-19-21-23-25-27-29-31-32-33-35-36-38-40-42-44-46-48-50-52-54-56-58-60-64(70)66(72)63(62-69)68-67(73)65(71)61-59-57-55-53-51-49-47-45-43-41-39-37-34-30-28-26-24-22-20-18-16-14-12-10-8-6-4-2/h30,34,63-66,69-72H,3-29,31-33,35-62H2,1-2H3,(H,68,73)/b34-30-. The SMILES string of the molecule is CCCCCCCCCCCCCC/C=C\CCCCCCCCCCCCCC(O)C(=O)NC(CO)C(O)C(O)CCCCCCCCCCCCCCCCCCCCCCCCCCCCCCCC. The predicted octanol–water partition coefficient (Wildman–Crippen LogP) is 20.4. The molecular formula is C67H133NO5. The van der Waals surface area contributed by atoms with Crippen molar-refractivity contribution in [2.24, 2.45) is 0 Å². The maximum atomic E-state index is 12.6. The molecule has 0 heterocycles. The molecule has 5 N–H and O–H groups in total. The van der Waals surface area contributed by atoms with Gasteiger partial charge in [-0.1, -0.05) is 353 Å². The number of carbonyl (C=O) groups is 1. The lowest BCUT2D eigenvalue weighted by molar-refractivity contribution is -0.132. The molecule has 6 heteroatoms. The van der Waals surface area contributed by atoms with Crippen LogP contribution in [0.3, 0.4) is 0 Å². The highest BCUT2D eigenvalue weighted by Gasteiger charge is 2.28. The predicted molar refractivity (Wildman–Crippen MR) is 321 cm³/mol. The number of amides is 1. The minimum atomic E-state index is -1.26. The fourth-order valence-corrected chi connectivity index (χ4v) is 11.0. The minimum absolute atomic E-state index is 0.372. The van der Waals surface area contributed by atoms with Gasteiger partial charge < -0.3 is 25.7 Å². The Hall–Kier alpha value is -0.950. The summed E-state index contributed by atoms with van der Waals surface area (Å²) >= 11 is 0. The van der Waals surface area contributed by atoms with Gasteiger partial charge >= 0.3 is 0 Å². The zero-order valence-corrected chi connectivity index (χ0v) is 49.7. The van der Waals surface area contributed by atoms with E-state index in [1.165, 1.54) is 315 Å². The van der Waals surface area contributed by atoms with E-state index < -0.39 is 36.9 Å². The van der Waals surface area contributed by atoms with Crippen LogP contribution in [0, 0.1) is 0 Å². The summed E-state index contributed by atoms with van der Waals surface area (Å²) in [6.45, 7) is 4.11. The van der Waals surface area contributed by atoms with Crippen molar-refractivity contribution in [1.82, 2.24) is 5.32 Å². The van der Waals surface area contributed by atoms with E-state index in [2.05, 4.69) is 31.3 Å². The second-order valence-electron chi connectivity index (χ2n) is 23.5. The summed E-state index contributed by atoms with van der Waals surface area (Å²) in [4.78, 5) is 12.6. The maximum Gasteiger partial charge on any atom is 0.249 e. The summed E-state index contributed by atoms with van der Waals surface area (Å²) in [6.07, 6.45) is 76.1. The van der Waals surface area contributed by atoms with E-state index in [0.717, 1.165) is 38.5 Å². The van der Waals surface area contributed by atoms with Gasteiger partial charge in [-0.3, -0.25) is 4.79 Å². The molecule has 436 valence electrons. The van der Waals surface area contributed by atoms with Crippen LogP contribution in [0.5, 0.6) is 0 Å². The average Bonchev–Trinajstić information content (AvgIpc) is 3.40. The third kappa shape index (κ3) is 55.6. The van der Waals surface area contributed by atoms with Gasteiger partial charge in [-0.25, -0.2) is 0 Å². The molecule has 0 radical (unpaired) electrons. The van der Waals surface area contributed by atoms with Crippen LogP contribution in [-0.4, -0.2) is 57.3 Å². The third-order valence-corrected chi connectivity index (χ3v) is 16.2.